The van der Waals surface area contributed by atoms with Crippen LogP contribution in [0.5, 0.6) is 0 Å². The molecule has 0 saturated heterocycles. The van der Waals surface area contributed by atoms with Crippen molar-refractivity contribution in [3.63, 3.8) is 0 Å². The number of nitrogens with one attached hydrogen (secondary N) is 1. The average Bonchev–Trinajstić information content (AvgIpc) is 2.69. The second kappa shape index (κ2) is 4.22. The third-order valence-corrected chi connectivity index (χ3v) is 2.57. The fourth-order valence-corrected chi connectivity index (χ4v) is 1.73. The molecule has 2 rings (SSSR count). The summed E-state index contributed by atoms with van der Waals surface area (Å²) < 4.78 is 37.2. The Bertz CT molecular complexity index is 601. The molecular weight excluding hydrogens is 241 g/mol. The standard InChI is InChI=1S/C13H9F3N2/c1-8-6-10(7-17)12(18-8)9-2-4-11(5-3-9)13(14,15)16/h2-6,18H,1H3. The molecule has 0 aliphatic rings. The minimum absolute atomic E-state index is 0.423. The molecule has 5 heteroatoms. The van der Waals surface area contributed by atoms with Gasteiger partial charge in [0.1, 0.15) is 6.07 Å². The zero-order chi connectivity index (χ0) is 13.3. The van der Waals surface area contributed by atoms with E-state index in [-0.39, 0.29) is 0 Å². The lowest BCUT2D eigenvalue weighted by atomic mass is 10.1. The van der Waals surface area contributed by atoms with E-state index >= 15 is 0 Å². The van der Waals surface area contributed by atoms with E-state index < -0.39 is 11.7 Å². The van der Waals surface area contributed by atoms with Crippen molar-refractivity contribution in [3.8, 4) is 17.3 Å². The zero-order valence-electron chi connectivity index (χ0n) is 9.47. The third kappa shape index (κ3) is 2.23. The number of nitriles is 1. The number of H-pyrrole nitrogens is 1. The summed E-state index contributed by atoms with van der Waals surface area (Å²) in [5.74, 6) is 0. The molecule has 18 heavy (non-hydrogen) atoms. The fraction of sp³-hybridized carbons (Fsp3) is 0.154. The summed E-state index contributed by atoms with van der Waals surface area (Å²) in [7, 11) is 0. The molecule has 92 valence electrons. The Labute approximate surface area is 102 Å². The maximum atomic E-state index is 12.4. The van der Waals surface area contributed by atoms with Crippen molar-refractivity contribution < 1.29 is 13.2 Å². The van der Waals surface area contributed by atoms with Gasteiger partial charge < -0.3 is 4.98 Å². The maximum Gasteiger partial charge on any atom is 0.416 e. The van der Waals surface area contributed by atoms with Crippen LogP contribution >= 0.6 is 0 Å². The predicted molar refractivity (Wildman–Crippen MR) is 60.7 cm³/mol. The van der Waals surface area contributed by atoms with Crippen molar-refractivity contribution in [2.24, 2.45) is 0 Å². The smallest absolute Gasteiger partial charge is 0.358 e. The van der Waals surface area contributed by atoms with Crippen molar-refractivity contribution in [2.75, 3.05) is 0 Å². The molecule has 0 spiro atoms. The summed E-state index contributed by atoms with van der Waals surface area (Å²) in [6.45, 7) is 1.79. The van der Waals surface area contributed by atoms with Crippen LogP contribution in [0, 0.1) is 18.3 Å². The molecule has 1 heterocycles. The average molecular weight is 250 g/mol. The van der Waals surface area contributed by atoms with Gasteiger partial charge in [-0.05, 0) is 30.7 Å². The largest absolute Gasteiger partial charge is 0.416 e. The van der Waals surface area contributed by atoms with Crippen molar-refractivity contribution in [1.82, 2.24) is 4.98 Å². The van der Waals surface area contributed by atoms with Gasteiger partial charge in [0, 0.05) is 5.69 Å². The molecule has 1 N–H and O–H groups in total. The molecule has 1 aromatic carbocycles. The van der Waals surface area contributed by atoms with Crippen molar-refractivity contribution in [1.29, 1.82) is 5.26 Å². The molecule has 2 aromatic rings. The Balaban J connectivity index is 2.44. The van der Waals surface area contributed by atoms with E-state index in [1.807, 2.05) is 6.07 Å². The summed E-state index contributed by atoms with van der Waals surface area (Å²) in [6, 6.07) is 8.39. The summed E-state index contributed by atoms with van der Waals surface area (Å²) in [6.07, 6.45) is -4.34. The van der Waals surface area contributed by atoms with Crippen LogP contribution in [0.1, 0.15) is 16.8 Å². The molecule has 0 radical (unpaired) electrons. The van der Waals surface area contributed by atoms with E-state index in [0.717, 1.165) is 17.8 Å². The van der Waals surface area contributed by atoms with Crippen LogP contribution in [0.15, 0.2) is 30.3 Å². The highest BCUT2D eigenvalue weighted by Crippen LogP contribution is 2.31. The van der Waals surface area contributed by atoms with E-state index in [4.69, 9.17) is 5.26 Å². The number of nitrogens with zero attached hydrogens (tertiary/aromatic N) is 1. The number of rotatable bonds is 1. The molecule has 0 unspecified atom stereocenters. The minimum Gasteiger partial charge on any atom is -0.358 e. The SMILES string of the molecule is Cc1cc(C#N)c(-c2ccc(C(F)(F)F)cc2)[nH]1. The van der Waals surface area contributed by atoms with Crippen LogP contribution in [-0.4, -0.2) is 4.98 Å². The highest BCUT2D eigenvalue weighted by atomic mass is 19.4. The van der Waals surface area contributed by atoms with Crippen molar-refractivity contribution in [3.05, 3.63) is 47.2 Å². The molecular formula is C13H9F3N2. The predicted octanol–water partition coefficient (Wildman–Crippen LogP) is 3.88. The number of halogens is 3. The van der Waals surface area contributed by atoms with E-state index in [1.165, 1.54) is 12.1 Å². The maximum absolute atomic E-state index is 12.4. The highest BCUT2D eigenvalue weighted by molar-refractivity contribution is 5.68. The molecule has 0 aliphatic heterocycles. The Morgan fingerprint density at radius 3 is 2.28 bits per heavy atom. The van der Waals surface area contributed by atoms with Gasteiger partial charge in [-0.3, -0.25) is 0 Å². The Hall–Kier alpha value is -2.22. The number of hydrogen-bond donors (Lipinski definition) is 1. The molecule has 0 amide bonds. The van der Waals surface area contributed by atoms with Gasteiger partial charge in [0.25, 0.3) is 0 Å². The lowest BCUT2D eigenvalue weighted by Gasteiger charge is -2.07. The lowest BCUT2D eigenvalue weighted by Crippen LogP contribution is -2.04. The highest BCUT2D eigenvalue weighted by Gasteiger charge is 2.30. The summed E-state index contributed by atoms with van der Waals surface area (Å²) >= 11 is 0. The van der Waals surface area contributed by atoms with Gasteiger partial charge >= 0.3 is 6.18 Å². The first-order valence-corrected chi connectivity index (χ1v) is 5.19. The van der Waals surface area contributed by atoms with E-state index in [1.54, 1.807) is 13.0 Å². The molecule has 2 nitrogen and oxygen atoms in total. The summed E-state index contributed by atoms with van der Waals surface area (Å²) in [4.78, 5) is 2.97. The molecule has 0 atom stereocenters. The van der Waals surface area contributed by atoms with E-state index in [9.17, 15) is 13.2 Å². The molecule has 0 fully saturated rings. The first-order valence-electron chi connectivity index (χ1n) is 5.19. The Kier molecular flexibility index (Phi) is 2.87. The van der Waals surface area contributed by atoms with Gasteiger partial charge in [0.2, 0.25) is 0 Å². The Morgan fingerprint density at radius 2 is 1.78 bits per heavy atom. The molecule has 0 aliphatic carbocycles. The van der Waals surface area contributed by atoms with Gasteiger partial charge in [0.15, 0.2) is 0 Å². The van der Waals surface area contributed by atoms with Gasteiger partial charge in [-0.1, -0.05) is 12.1 Å². The number of aromatic amines is 1. The topological polar surface area (TPSA) is 39.6 Å². The first kappa shape index (κ1) is 12.2. The zero-order valence-corrected chi connectivity index (χ0v) is 9.47. The molecule has 0 saturated carbocycles. The monoisotopic (exact) mass is 250 g/mol. The van der Waals surface area contributed by atoms with Crippen LogP contribution in [-0.2, 0) is 6.18 Å². The first-order chi connectivity index (χ1) is 8.41. The number of aryl methyl sites for hydroxylation is 1. The minimum atomic E-state index is -4.34. The van der Waals surface area contributed by atoms with Crippen LogP contribution < -0.4 is 0 Å². The van der Waals surface area contributed by atoms with E-state index in [0.29, 0.717) is 16.8 Å². The van der Waals surface area contributed by atoms with E-state index in [2.05, 4.69) is 4.98 Å². The van der Waals surface area contributed by atoms with Crippen molar-refractivity contribution >= 4 is 0 Å². The molecule has 1 aromatic heterocycles. The number of benzene rings is 1. The van der Waals surface area contributed by atoms with Gasteiger partial charge in [-0.15, -0.1) is 0 Å². The normalized spacial score (nSPS) is 11.3. The Morgan fingerprint density at radius 1 is 1.17 bits per heavy atom. The summed E-state index contributed by atoms with van der Waals surface area (Å²) in [5.41, 5.74) is 1.62. The van der Waals surface area contributed by atoms with Crippen LogP contribution in [0.4, 0.5) is 13.2 Å². The quantitative estimate of drug-likeness (QED) is 0.819. The van der Waals surface area contributed by atoms with Gasteiger partial charge in [0.05, 0.1) is 16.8 Å². The van der Waals surface area contributed by atoms with Crippen LogP contribution in [0.2, 0.25) is 0 Å². The molecule has 0 bridgehead atoms. The third-order valence-electron chi connectivity index (χ3n) is 2.57. The number of aromatic nitrogens is 1. The second-order valence-corrected chi connectivity index (χ2v) is 3.93. The van der Waals surface area contributed by atoms with Gasteiger partial charge in [-0.2, -0.15) is 18.4 Å². The number of alkyl halides is 3. The second-order valence-electron chi connectivity index (χ2n) is 3.93. The summed E-state index contributed by atoms with van der Waals surface area (Å²) in [5, 5.41) is 8.93. The number of hydrogen-bond acceptors (Lipinski definition) is 1. The van der Waals surface area contributed by atoms with Crippen LogP contribution in [0.3, 0.4) is 0 Å². The van der Waals surface area contributed by atoms with Gasteiger partial charge in [-0.25, -0.2) is 0 Å². The van der Waals surface area contributed by atoms with Crippen molar-refractivity contribution in [2.45, 2.75) is 13.1 Å². The lowest BCUT2D eigenvalue weighted by molar-refractivity contribution is -0.137. The van der Waals surface area contributed by atoms with Crippen LogP contribution in [0.25, 0.3) is 11.3 Å². The fourth-order valence-electron chi connectivity index (χ4n) is 1.73.